The van der Waals surface area contributed by atoms with Gasteiger partial charge in [0.1, 0.15) is 12.4 Å². The summed E-state index contributed by atoms with van der Waals surface area (Å²) in [6, 6.07) is 26.4. The molecular formula is C34H28Br2N2O4S. The van der Waals surface area contributed by atoms with Crippen molar-refractivity contribution in [2.45, 2.75) is 33.3 Å². The molecule has 4 aromatic rings. The number of amides is 1. The van der Waals surface area contributed by atoms with E-state index in [0.29, 0.717) is 24.8 Å². The lowest BCUT2D eigenvalue weighted by molar-refractivity contribution is -0.113. The van der Waals surface area contributed by atoms with Gasteiger partial charge in [-0.15, -0.1) is 0 Å². The van der Waals surface area contributed by atoms with E-state index in [-0.39, 0.29) is 18.1 Å². The van der Waals surface area contributed by atoms with Gasteiger partial charge in [0, 0.05) is 0 Å². The van der Waals surface area contributed by atoms with Crippen LogP contribution < -0.4 is 9.64 Å². The van der Waals surface area contributed by atoms with Gasteiger partial charge in [-0.1, -0.05) is 50.2 Å². The van der Waals surface area contributed by atoms with Crippen molar-refractivity contribution in [3.63, 3.8) is 0 Å². The molecule has 1 fully saturated rings. The molecule has 0 bridgehead atoms. The van der Waals surface area contributed by atoms with E-state index in [1.54, 1.807) is 29.2 Å². The van der Waals surface area contributed by atoms with Crippen LogP contribution in [0.2, 0.25) is 0 Å². The molecule has 4 aromatic carbocycles. The third-order valence-electron chi connectivity index (χ3n) is 6.88. The zero-order valence-electron chi connectivity index (χ0n) is 23.5. The van der Waals surface area contributed by atoms with Gasteiger partial charge in [0.2, 0.25) is 0 Å². The first-order chi connectivity index (χ1) is 20.7. The van der Waals surface area contributed by atoms with Gasteiger partial charge in [0.05, 0.1) is 30.8 Å². The van der Waals surface area contributed by atoms with Gasteiger partial charge in [-0.25, -0.2) is 9.79 Å². The highest BCUT2D eigenvalue weighted by Crippen LogP contribution is 2.40. The third kappa shape index (κ3) is 7.29. The Morgan fingerprint density at radius 2 is 1.44 bits per heavy atom. The Labute approximate surface area is 271 Å². The number of benzene rings is 4. The van der Waals surface area contributed by atoms with Crippen LogP contribution in [0.5, 0.6) is 5.75 Å². The van der Waals surface area contributed by atoms with Crippen LogP contribution in [0, 0.1) is 0 Å². The predicted octanol–water partition coefficient (Wildman–Crippen LogP) is 9.42. The van der Waals surface area contributed by atoms with E-state index in [4.69, 9.17) is 14.8 Å². The molecule has 1 N–H and O–H groups in total. The number of aromatic carboxylic acids is 1. The Bertz CT molecular complexity index is 1690. The molecule has 9 heteroatoms. The van der Waals surface area contributed by atoms with Crippen LogP contribution in [0.4, 0.5) is 11.4 Å². The normalized spacial score (nSPS) is 15.0. The first-order valence-electron chi connectivity index (χ1n) is 13.7. The average molecular weight is 720 g/mol. The van der Waals surface area contributed by atoms with Gasteiger partial charge in [-0.2, -0.15) is 0 Å². The second kappa shape index (κ2) is 13.8. The maximum absolute atomic E-state index is 13.8. The number of nitrogens with zero attached hydrogens (tertiary/aromatic N) is 2. The average Bonchev–Trinajstić information content (AvgIpc) is 3.30. The van der Waals surface area contributed by atoms with Crippen LogP contribution in [-0.4, -0.2) is 22.2 Å². The molecule has 1 saturated heterocycles. The number of thioether (sulfide) groups is 1. The SMILES string of the molecule is CCc1ccc(N=C2S/C(=C\c3cc(Br)c(OCc4ccc(C(=O)O)cc4)c(Br)c3)C(=O)N2c2ccc(CC)cc2)cc1. The summed E-state index contributed by atoms with van der Waals surface area (Å²) in [7, 11) is 0. The van der Waals surface area contributed by atoms with Crippen molar-refractivity contribution in [3.05, 3.63) is 127 Å². The fourth-order valence-electron chi connectivity index (χ4n) is 4.42. The quantitative estimate of drug-likeness (QED) is 0.174. The lowest BCUT2D eigenvalue weighted by atomic mass is 10.1. The summed E-state index contributed by atoms with van der Waals surface area (Å²) in [5.41, 5.74) is 5.85. The Balaban J connectivity index is 1.42. The van der Waals surface area contributed by atoms with Crippen molar-refractivity contribution < 1.29 is 19.4 Å². The maximum Gasteiger partial charge on any atom is 0.335 e. The number of hydrogen-bond donors (Lipinski definition) is 1. The second-order valence-corrected chi connectivity index (χ2v) is 12.5. The Hall–Kier alpha value is -3.66. The standard InChI is InChI=1S/C34H28Br2N2O4S/c1-3-21-7-13-26(14-8-21)37-34-38(27-15-9-22(4-2)10-16-27)32(39)30(43-34)19-24-17-28(35)31(29(36)18-24)42-20-23-5-11-25(12-6-23)33(40)41/h5-19H,3-4,20H2,1-2H3,(H,40,41)/b30-19-,37-34?. The molecule has 0 aromatic heterocycles. The van der Waals surface area contributed by atoms with Crippen LogP contribution in [0.25, 0.3) is 6.08 Å². The largest absolute Gasteiger partial charge is 0.487 e. The van der Waals surface area contributed by atoms with E-state index in [2.05, 4.69) is 57.8 Å². The molecule has 0 unspecified atom stereocenters. The highest BCUT2D eigenvalue weighted by Gasteiger charge is 2.35. The fourth-order valence-corrected chi connectivity index (χ4v) is 6.88. The van der Waals surface area contributed by atoms with Crippen LogP contribution in [0.1, 0.15) is 46.5 Å². The van der Waals surface area contributed by atoms with E-state index in [0.717, 1.165) is 35.3 Å². The molecule has 1 heterocycles. The van der Waals surface area contributed by atoms with Crippen LogP contribution in [0.15, 0.2) is 104 Å². The van der Waals surface area contributed by atoms with Gasteiger partial charge in [-0.05, 0) is 133 Å². The number of halogens is 2. The van der Waals surface area contributed by atoms with Gasteiger partial charge in [-0.3, -0.25) is 9.69 Å². The summed E-state index contributed by atoms with van der Waals surface area (Å²) in [5.74, 6) is -0.510. The molecular weight excluding hydrogens is 692 g/mol. The number of aliphatic imine (C=N–C) groups is 1. The molecule has 1 amide bonds. The van der Waals surface area contributed by atoms with Gasteiger partial charge in [0.15, 0.2) is 5.17 Å². The number of hydrogen-bond acceptors (Lipinski definition) is 5. The first kappa shape index (κ1) is 30.8. The minimum absolute atomic E-state index is 0.143. The van der Waals surface area contributed by atoms with Crippen LogP contribution >= 0.6 is 43.6 Å². The second-order valence-electron chi connectivity index (χ2n) is 9.79. The minimum Gasteiger partial charge on any atom is -0.487 e. The Kier molecular flexibility index (Phi) is 9.85. The van der Waals surface area contributed by atoms with Gasteiger partial charge < -0.3 is 9.84 Å². The first-order valence-corrected chi connectivity index (χ1v) is 16.1. The summed E-state index contributed by atoms with van der Waals surface area (Å²) in [5, 5.41) is 9.71. The Morgan fingerprint density at radius 3 is 2.00 bits per heavy atom. The van der Waals surface area contributed by atoms with Crippen LogP contribution in [-0.2, 0) is 24.2 Å². The van der Waals surface area contributed by atoms with Gasteiger partial charge >= 0.3 is 5.97 Å². The number of carbonyl (C=O) groups is 2. The molecule has 1 aliphatic heterocycles. The zero-order chi connectivity index (χ0) is 30.5. The van der Waals surface area contributed by atoms with Gasteiger partial charge in [0.25, 0.3) is 5.91 Å². The number of carbonyl (C=O) groups excluding carboxylic acids is 1. The molecule has 43 heavy (non-hydrogen) atoms. The van der Waals surface area contributed by atoms with E-state index < -0.39 is 5.97 Å². The molecule has 5 rings (SSSR count). The molecule has 0 radical (unpaired) electrons. The molecule has 0 atom stereocenters. The summed E-state index contributed by atoms with van der Waals surface area (Å²) in [6.07, 6.45) is 3.72. The fraction of sp³-hybridized carbons (Fsp3) is 0.147. The van der Waals surface area contributed by atoms with Crippen molar-refractivity contribution in [1.82, 2.24) is 0 Å². The number of carboxylic acids is 1. The smallest absolute Gasteiger partial charge is 0.335 e. The van der Waals surface area contributed by atoms with Crippen molar-refractivity contribution in [3.8, 4) is 5.75 Å². The van der Waals surface area contributed by atoms with Crippen molar-refractivity contribution in [2.75, 3.05) is 4.90 Å². The van der Waals surface area contributed by atoms with E-state index in [1.807, 2.05) is 54.6 Å². The number of amidine groups is 1. The summed E-state index contributed by atoms with van der Waals surface area (Å²) in [6.45, 7) is 4.48. The highest BCUT2D eigenvalue weighted by molar-refractivity contribution is 9.11. The zero-order valence-corrected chi connectivity index (χ0v) is 27.5. The molecule has 0 aliphatic carbocycles. The lowest BCUT2D eigenvalue weighted by Crippen LogP contribution is -2.28. The lowest BCUT2D eigenvalue weighted by Gasteiger charge is -2.16. The Morgan fingerprint density at radius 1 is 0.884 bits per heavy atom. The van der Waals surface area contributed by atoms with E-state index in [1.165, 1.54) is 22.9 Å². The third-order valence-corrected chi connectivity index (χ3v) is 9.03. The van der Waals surface area contributed by atoms with Crippen LogP contribution in [0.3, 0.4) is 0 Å². The molecule has 6 nitrogen and oxygen atoms in total. The maximum atomic E-state index is 13.8. The van der Waals surface area contributed by atoms with E-state index in [9.17, 15) is 9.59 Å². The number of anilines is 1. The minimum atomic E-state index is -0.969. The summed E-state index contributed by atoms with van der Waals surface area (Å²) < 4.78 is 7.46. The predicted molar refractivity (Wildman–Crippen MR) is 181 cm³/mol. The summed E-state index contributed by atoms with van der Waals surface area (Å²) >= 11 is 8.56. The van der Waals surface area contributed by atoms with Crippen molar-refractivity contribution in [1.29, 1.82) is 0 Å². The number of aryl methyl sites for hydroxylation is 2. The molecule has 0 spiro atoms. The molecule has 218 valence electrons. The number of rotatable bonds is 9. The monoisotopic (exact) mass is 718 g/mol. The molecule has 0 saturated carbocycles. The summed E-state index contributed by atoms with van der Waals surface area (Å²) in [4.78, 5) is 32.0. The number of ether oxygens (including phenoxy) is 1. The highest BCUT2D eigenvalue weighted by atomic mass is 79.9. The van der Waals surface area contributed by atoms with E-state index >= 15 is 0 Å². The topological polar surface area (TPSA) is 79.2 Å². The van der Waals surface area contributed by atoms with Crippen molar-refractivity contribution >= 4 is 78.1 Å². The van der Waals surface area contributed by atoms with Crippen molar-refractivity contribution in [2.24, 2.45) is 4.99 Å². The molecule has 1 aliphatic rings. The number of carboxylic acid groups (broad SMARTS) is 1.